The highest BCUT2D eigenvalue weighted by atomic mass is 16.7. The van der Waals surface area contributed by atoms with E-state index in [0.29, 0.717) is 24.2 Å². The van der Waals surface area contributed by atoms with E-state index in [1.165, 1.54) is 6.26 Å². The molecule has 0 radical (unpaired) electrons. The lowest BCUT2D eigenvalue weighted by Gasteiger charge is -2.30. The van der Waals surface area contributed by atoms with Crippen LogP contribution in [0.15, 0.2) is 64.3 Å². The highest BCUT2D eigenvalue weighted by Crippen LogP contribution is 2.27. The molecule has 2 heterocycles. The fraction of sp³-hybridized carbons (Fsp3) is 0.333. The van der Waals surface area contributed by atoms with Gasteiger partial charge in [0.25, 0.3) is 10.9 Å². The fourth-order valence-corrected chi connectivity index (χ4v) is 3.15. The average molecular weight is 450 g/mol. The Morgan fingerprint density at radius 2 is 1.82 bits per heavy atom. The van der Waals surface area contributed by atoms with Crippen molar-refractivity contribution in [3.05, 3.63) is 80.8 Å². The number of rotatable bonds is 8. The lowest BCUT2D eigenvalue weighted by Crippen LogP contribution is -2.41. The maximum Gasteiger partial charge on any atom is 0.253 e. The van der Waals surface area contributed by atoms with E-state index in [4.69, 9.17) is 9.47 Å². The number of hydrogen-bond acceptors (Lipinski definition) is 9. The van der Waals surface area contributed by atoms with E-state index >= 15 is 0 Å². The molecule has 4 rings (SSSR count). The second-order valence-electron chi connectivity index (χ2n) is 8.96. The van der Waals surface area contributed by atoms with Crippen LogP contribution < -0.4 is 26.4 Å². The first kappa shape index (κ1) is 22.3. The summed E-state index contributed by atoms with van der Waals surface area (Å²) in [7, 11) is 0. The molecule has 1 aromatic heterocycles. The van der Waals surface area contributed by atoms with Crippen LogP contribution in [0.5, 0.6) is 0 Å². The van der Waals surface area contributed by atoms with Crippen molar-refractivity contribution < 1.29 is 9.47 Å². The molecule has 9 nitrogen and oxygen atoms in total. The van der Waals surface area contributed by atoms with E-state index in [0.717, 1.165) is 5.56 Å². The molecule has 1 unspecified atom stereocenters. The van der Waals surface area contributed by atoms with Gasteiger partial charge in [-0.3, -0.25) is 14.5 Å². The van der Waals surface area contributed by atoms with Gasteiger partial charge in [0.05, 0.1) is 6.54 Å². The van der Waals surface area contributed by atoms with Crippen molar-refractivity contribution in [2.75, 3.05) is 22.3 Å². The lowest BCUT2D eigenvalue weighted by atomic mass is 9.87. The quantitative estimate of drug-likeness (QED) is 0.500. The monoisotopic (exact) mass is 449 g/mol. The molecule has 0 saturated carbocycles. The minimum Gasteiger partial charge on any atom is -0.459 e. The first-order chi connectivity index (χ1) is 15.7. The minimum atomic E-state index is -0.574. The van der Waals surface area contributed by atoms with Crippen LogP contribution in [-0.4, -0.2) is 22.8 Å². The van der Waals surface area contributed by atoms with Crippen LogP contribution >= 0.6 is 0 Å². The van der Waals surface area contributed by atoms with Crippen LogP contribution in [0, 0.1) is 5.41 Å². The third-order valence-electron chi connectivity index (χ3n) is 5.62. The summed E-state index contributed by atoms with van der Waals surface area (Å²) in [6.45, 7) is 8.72. The van der Waals surface area contributed by atoms with Gasteiger partial charge in [-0.2, -0.15) is 4.98 Å². The number of aromatic nitrogens is 2. The molecule has 3 aromatic rings. The molecular formula is C24H27N5O4. The molecule has 1 aliphatic heterocycles. The maximum absolute atomic E-state index is 12.3. The summed E-state index contributed by atoms with van der Waals surface area (Å²) in [5, 5.41) is 6.16. The summed E-state index contributed by atoms with van der Waals surface area (Å²) in [6.07, 6.45) is 3.09. The highest BCUT2D eigenvalue weighted by molar-refractivity contribution is 5.78. The third-order valence-corrected chi connectivity index (χ3v) is 5.62. The Morgan fingerprint density at radius 3 is 2.48 bits per heavy atom. The Morgan fingerprint density at radius 1 is 1.09 bits per heavy atom. The summed E-state index contributed by atoms with van der Waals surface area (Å²) in [6, 6.07) is 11.4. The molecule has 0 aliphatic carbocycles. The number of nitrogens with zero attached hydrogens (tertiary/aromatic N) is 3. The Kier molecular flexibility index (Phi) is 6.04. The van der Waals surface area contributed by atoms with Crippen LogP contribution in [0.1, 0.15) is 33.3 Å². The maximum atomic E-state index is 12.3. The smallest absolute Gasteiger partial charge is 0.253 e. The van der Waals surface area contributed by atoms with E-state index in [1.54, 1.807) is 17.2 Å². The predicted molar refractivity (Wildman–Crippen MR) is 127 cm³/mol. The van der Waals surface area contributed by atoms with Gasteiger partial charge in [0.15, 0.2) is 0 Å². The summed E-state index contributed by atoms with van der Waals surface area (Å²) in [5.74, 6) is 1.22. The standard InChI is InChI=1S/C24H27N5O4/c1-15(24(2,3)4)26-19-20(22(31)21(19)30)27-17-10-11-25-23(28-17)29(18-13-32-14-33-18)12-16-8-6-5-7-9-16/h5-11,13,15,26H,12,14H2,1-4H3,(H,25,27,28). The van der Waals surface area contributed by atoms with E-state index in [-0.39, 0.29) is 29.6 Å². The Bertz CT molecular complexity index is 1230. The van der Waals surface area contributed by atoms with Crippen LogP contribution in [-0.2, 0) is 16.0 Å². The van der Waals surface area contributed by atoms with Gasteiger partial charge >= 0.3 is 0 Å². The van der Waals surface area contributed by atoms with Crippen molar-refractivity contribution in [3.63, 3.8) is 0 Å². The van der Waals surface area contributed by atoms with Crippen LogP contribution in [0.25, 0.3) is 0 Å². The number of nitrogens with one attached hydrogen (secondary N) is 2. The Balaban J connectivity index is 1.60. The molecule has 0 amide bonds. The first-order valence-electron chi connectivity index (χ1n) is 10.7. The number of ether oxygens (including phenoxy) is 2. The molecule has 172 valence electrons. The van der Waals surface area contributed by atoms with Crippen molar-refractivity contribution in [1.82, 2.24) is 9.97 Å². The molecule has 1 aliphatic rings. The van der Waals surface area contributed by atoms with Gasteiger partial charge in [0.1, 0.15) is 23.5 Å². The van der Waals surface area contributed by atoms with Gasteiger partial charge in [0.2, 0.25) is 18.6 Å². The summed E-state index contributed by atoms with van der Waals surface area (Å²) >= 11 is 0. The Labute approximate surface area is 191 Å². The highest BCUT2D eigenvalue weighted by Gasteiger charge is 2.27. The zero-order chi connectivity index (χ0) is 23.6. The van der Waals surface area contributed by atoms with E-state index in [1.807, 2.05) is 37.3 Å². The van der Waals surface area contributed by atoms with Crippen LogP contribution in [0.3, 0.4) is 0 Å². The van der Waals surface area contributed by atoms with E-state index in [9.17, 15) is 9.59 Å². The second-order valence-corrected chi connectivity index (χ2v) is 8.96. The first-order valence-corrected chi connectivity index (χ1v) is 10.7. The van der Waals surface area contributed by atoms with Crippen molar-refractivity contribution in [1.29, 1.82) is 0 Å². The van der Waals surface area contributed by atoms with E-state index in [2.05, 4.69) is 41.4 Å². The van der Waals surface area contributed by atoms with Gasteiger partial charge in [-0.1, -0.05) is 51.1 Å². The second kappa shape index (κ2) is 8.93. The van der Waals surface area contributed by atoms with Crippen LogP contribution in [0.4, 0.5) is 23.1 Å². The Hall–Kier alpha value is -3.88. The van der Waals surface area contributed by atoms with Gasteiger partial charge in [-0.25, -0.2) is 4.98 Å². The van der Waals surface area contributed by atoms with Crippen molar-refractivity contribution in [2.24, 2.45) is 5.41 Å². The molecule has 0 spiro atoms. The molecule has 2 aromatic carbocycles. The van der Waals surface area contributed by atoms with Crippen molar-refractivity contribution in [3.8, 4) is 0 Å². The topological polar surface area (TPSA) is 106 Å². The van der Waals surface area contributed by atoms with Gasteiger partial charge in [-0.15, -0.1) is 0 Å². The SMILES string of the molecule is CC(Nc1c(Nc2ccnc(N(Cc3ccccc3)C3=COCO3)n2)c(=O)c1=O)C(C)(C)C. The molecule has 2 N–H and O–H groups in total. The summed E-state index contributed by atoms with van der Waals surface area (Å²) < 4.78 is 10.8. The predicted octanol–water partition coefficient (Wildman–Crippen LogP) is 3.47. The fourth-order valence-electron chi connectivity index (χ4n) is 3.15. The van der Waals surface area contributed by atoms with Gasteiger partial charge < -0.3 is 20.1 Å². The normalized spacial score (nSPS) is 14.2. The molecule has 33 heavy (non-hydrogen) atoms. The largest absolute Gasteiger partial charge is 0.459 e. The van der Waals surface area contributed by atoms with Gasteiger partial charge in [0, 0.05) is 12.2 Å². The number of anilines is 4. The van der Waals surface area contributed by atoms with Crippen molar-refractivity contribution in [2.45, 2.75) is 40.3 Å². The number of hydrogen-bond donors (Lipinski definition) is 2. The van der Waals surface area contributed by atoms with Crippen molar-refractivity contribution >= 4 is 23.1 Å². The molecule has 0 bridgehead atoms. The van der Waals surface area contributed by atoms with E-state index < -0.39 is 10.9 Å². The summed E-state index contributed by atoms with van der Waals surface area (Å²) in [4.78, 5) is 35.2. The zero-order valence-electron chi connectivity index (χ0n) is 19.1. The lowest BCUT2D eigenvalue weighted by molar-refractivity contribution is 0.0780. The minimum absolute atomic E-state index is 0.0184. The average Bonchev–Trinajstić information content (AvgIpc) is 3.34. The number of benzene rings is 1. The molecular weight excluding hydrogens is 422 g/mol. The molecule has 1 atom stereocenters. The summed E-state index contributed by atoms with van der Waals surface area (Å²) in [5.41, 5.74) is 0.314. The van der Waals surface area contributed by atoms with Gasteiger partial charge in [-0.05, 0) is 24.0 Å². The third kappa shape index (κ3) is 4.82. The molecule has 0 saturated heterocycles. The molecule has 9 heteroatoms. The van der Waals surface area contributed by atoms with Crippen LogP contribution in [0.2, 0.25) is 0 Å². The molecule has 0 fully saturated rings. The zero-order valence-corrected chi connectivity index (χ0v) is 19.1.